The largest absolute Gasteiger partial charge is 0.378 e. The van der Waals surface area contributed by atoms with Crippen LogP contribution in [0.1, 0.15) is 61.3 Å². The maximum Gasteiger partial charge on any atom is 0.123 e. The van der Waals surface area contributed by atoms with Crippen LogP contribution in [0.2, 0.25) is 5.02 Å². The van der Waals surface area contributed by atoms with Gasteiger partial charge in [0.15, 0.2) is 0 Å². The van der Waals surface area contributed by atoms with Gasteiger partial charge in [-0.05, 0) is 80.6 Å². The summed E-state index contributed by atoms with van der Waals surface area (Å²) in [5, 5.41) is 20.6. The Hall–Kier alpha value is -4.30. The summed E-state index contributed by atoms with van der Waals surface area (Å²) in [4.78, 5) is 7.11. The van der Waals surface area contributed by atoms with Crippen molar-refractivity contribution in [2.24, 2.45) is 0 Å². The number of nitrogens with zero attached hydrogens (tertiary/aromatic N) is 4. The van der Waals surface area contributed by atoms with E-state index in [2.05, 4.69) is 49.7 Å². The van der Waals surface area contributed by atoms with Gasteiger partial charge >= 0.3 is 0 Å². The molecule has 4 N–H and O–H groups in total. The summed E-state index contributed by atoms with van der Waals surface area (Å²) >= 11 is 6.91. The zero-order valence-corrected chi connectivity index (χ0v) is 26.9. The van der Waals surface area contributed by atoms with E-state index < -0.39 is 5.44 Å². The van der Waals surface area contributed by atoms with Gasteiger partial charge in [-0.3, -0.25) is 9.99 Å². The van der Waals surface area contributed by atoms with Crippen molar-refractivity contribution in [3.8, 4) is 6.07 Å². The molecular weight excluding hydrogens is 610 g/mol. The molecule has 2 aliphatic heterocycles. The minimum Gasteiger partial charge on any atom is -0.378 e. The second-order valence-corrected chi connectivity index (χ2v) is 13.1. The summed E-state index contributed by atoms with van der Waals surface area (Å²) in [7, 11) is 7.18. The molecule has 2 atom stereocenters. The number of nitrogens with one attached hydrogen (secondary N) is 4. The van der Waals surface area contributed by atoms with Crippen molar-refractivity contribution in [3.05, 3.63) is 112 Å². The Morgan fingerprint density at radius 3 is 2.57 bits per heavy atom. The van der Waals surface area contributed by atoms with Gasteiger partial charge in [0.25, 0.3) is 0 Å². The molecule has 47 heavy (non-hydrogen) atoms. The molecule has 11 heteroatoms. The third-order valence-corrected chi connectivity index (χ3v) is 9.63. The first-order valence-electron chi connectivity index (χ1n) is 16.3. The average molecular weight is 647 g/mol. The smallest absolute Gasteiger partial charge is 0.123 e. The maximum atomic E-state index is 14.0. The molecule has 1 saturated carbocycles. The molecule has 238 valence electrons. The van der Waals surface area contributed by atoms with Crippen LogP contribution in [0.3, 0.4) is 0 Å². The molecule has 2 fully saturated rings. The number of aromatic nitrogens is 1. The summed E-state index contributed by atoms with van der Waals surface area (Å²) < 4.78 is 14.0. The minimum absolute atomic E-state index is 0.0497. The van der Waals surface area contributed by atoms with Crippen LogP contribution in [0.5, 0.6) is 0 Å². The van der Waals surface area contributed by atoms with Crippen LogP contribution < -0.4 is 21.6 Å². The molecule has 3 heterocycles. The van der Waals surface area contributed by atoms with Gasteiger partial charge in [0.05, 0.1) is 39.0 Å². The normalized spacial score (nSPS) is 18.6. The number of hydrogen-bond donors (Lipinski definition) is 4. The highest BCUT2D eigenvalue weighted by atomic mass is 35.5. The number of pyridine rings is 1. The van der Waals surface area contributed by atoms with E-state index in [4.69, 9.17) is 19.4 Å². The first-order valence-corrected chi connectivity index (χ1v) is 16.7. The van der Waals surface area contributed by atoms with E-state index in [1.54, 1.807) is 24.4 Å². The molecule has 1 aromatic heterocycles. The summed E-state index contributed by atoms with van der Waals surface area (Å²) in [5.74, 6) is -0.352. The Morgan fingerprint density at radius 1 is 1.09 bits per heavy atom. The Morgan fingerprint density at radius 2 is 1.85 bits per heavy atom. The van der Waals surface area contributed by atoms with E-state index in [9.17, 15) is 9.65 Å². The van der Waals surface area contributed by atoms with Gasteiger partial charge in [-0.2, -0.15) is 5.26 Å². The molecule has 0 unspecified atom stereocenters. The van der Waals surface area contributed by atoms with Crippen LogP contribution in [0.25, 0.3) is 10.9 Å². The fourth-order valence-electron chi connectivity index (χ4n) is 6.56. The molecule has 2 radical (unpaired) electrons. The highest BCUT2D eigenvalue weighted by molar-refractivity contribution is 6.36. The molecule has 0 spiro atoms. The third kappa shape index (κ3) is 6.75. The van der Waals surface area contributed by atoms with Crippen molar-refractivity contribution in [2.45, 2.75) is 56.0 Å². The number of halogens is 2. The quantitative estimate of drug-likeness (QED) is 0.134. The monoisotopic (exact) mass is 646 g/mol. The molecule has 4 aromatic rings. The Bertz CT molecular complexity index is 1800. The number of anilines is 2. The predicted molar refractivity (Wildman–Crippen MR) is 186 cm³/mol. The van der Waals surface area contributed by atoms with Gasteiger partial charge in [-0.15, -0.1) is 5.53 Å². The van der Waals surface area contributed by atoms with E-state index in [1.165, 1.54) is 31.4 Å². The SMILES string of the molecule is [B][C@@](Nc1cc(Cl)c2ncc(C#N)c(N[C@H](CCN3CCCCC3)c3ccccc3)c2c1)(C1=CN(C2CC2)NN1)c1ccc(F)cc1. The summed E-state index contributed by atoms with van der Waals surface area (Å²) in [6, 6.07) is 22.9. The Kier molecular flexibility index (Phi) is 8.95. The van der Waals surface area contributed by atoms with E-state index in [1.807, 2.05) is 35.5 Å². The molecule has 7 rings (SSSR count). The molecule has 3 aromatic carbocycles. The number of fused-ring (bicyclic) bond motifs is 1. The van der Waals surface area contributed by atoms with Crippen molar-refractivity contribution in [1.29, 1.82) is 5.26 Å². The van der Waals surface area contributed by atoms with Crippen molar-refractivity contribution < 1.29 is 4.39 Å². The fourth-order valence-corrected chi connectivity index (χ4v) is 6.83. The van der Waals surface area contributed by atoms with Gasteiger partial charge in [0.2, 0.25) is 0 Å². The lowest BCUT2D eigenvalue weighted by molar-refractivity contribution is 0.223. The molecule has 3 aliphatic rings. The molecule has 1 aliphatic carbocycles. The topological polar surface area (TPSA) is 91.3 Å². The van der Waals surface area contributed by atoms with Gasteiger partial charge in [0, 0.05) is 36.1 Å². The Labute approximate surface area is 281 Å². The van der Waals surface area contributed by atoms with Crippen LogP contribution in [0.15, 0.2) is 84.8 Å². The molecule has 0 bridgehead atoms. The Balaban J connectivity index is 1.27. The van der Waals surface area contributed by atoms with E-state index in [-0.39, 0.29) is 11.9 Å². The van der Waals surface area contributed by atoms with Gasteiger partial charge in [-0.25, -0.2) is 4.39 Å². The zero-order chi connectivity index (χ0) is 32.4. The summed E-state index contributed by atoms with van der Waals surface area (Å²) in [6.45, 7) is 3.18. The van der Waals surface area contributed by atoms with E-state index >= 15 is 0 Å². The van der Waals surface area contributed by atoms with Crippen molar-refractivity contribution in [1.82, 2.24) is 25.9 Å². The number of hydrazine groups is 2. The fraction of sp³-hybridized carbons (Fsp3) is 0.333. The summed E-state index contributed by atoms with van der Waals surface area (Å²) in [5.41, 5.74) is 9.86. The second-order valence-electron chi connectivity index (χ2n) is 12.7. The molecule has 8 nitrogen and oxygen atoms in total. The minimum atomic E-state index is -1.28. The van der Waals surface area contributed by atoms with Gasteiger partial charge in [0.1, 0.15) is 19.7 Å². The predicted octanol–water partition coefficient (Wildman–Crippen LogP) is 6.69. The number of rotatable bonds is 11. The lowest BCUT2D eigenvalue weighted by atomic mass is 9.69. The van der Waals surface area contributed by atoms with Crippen molar-refractivity contribution in [2.75, 3.05) is 30.3 Å². The highest BCUT2D eigenvalue weighted by Gasteiger charge is 2.38. The molecule has 0 amide bonds. The number of piperidine rings is 1. The van der Waals surface area contributed by atoms with Crippen LogP contribution in [-0.2, 0) is 5.44 Å². The number of hydrogen-bond acceptors (Lipinski definition) is 8. The zero-order valence-electron chi connectivity index (χ0n) is 26.1. The van der Waals surface area contributed by atoms with Gasteiger partial charge < -0.3 is 21.0 Å². The van der Waals surface area contributed by atoms with Gasteiger partial charge in [-0.1, -0.05) is 60.5 Å². The van der Waals surface area contributed by atoms with Crippen LogP contribution in [0.4, 0.5) is 15.8 Å². The number of benzene rings is 3. The lowest BCUT2D eigenvalue weighted by Gasteiger charge is -2.34. The van der Waals surface area contributed by atoms with Crippen molar-refractivity contribution in [3.63, 3.8) is 0 Å². The average Bonchev–Trinajstić information content (AvgIpc) is 3.83. The van der Waals surface area contributed by atoms with E-state index in [0.29, 0.717) is 50.2 Å². The van der Waals surface area contributed by atoms with Crippen LogP contribution in [0, 0.1) is 17.1 Å². The lowest BCUT2D eigenvalue weighted by Crippen LogP contribution is -2.45. The molecule has 1 saturated heterocycles. The second kappa shape index (κ2) is 13.4. The van der Waals surface area contributed by atoms with Crippen LogP contribution in [-0.4, -0.2) is 48.4 Å². The molecular formula is C36H37BClFN8. The first kappa shape index (κ1) is 31.3. The van der Waals surface area contributed by atoms with Crippen molar-refractivity contribution >= 4 is 41.7 Å². The highest BCUT2D eigenvalue weighted by Crippen LogP contribution is 2.39. The standard InChI is InChI=1S/C36H37BClFN8/c37-36(26-9-11-27(39)12-10-26,33-23-47(45-44-33)29-13-14-29)43-28-19-30-34(25(21-40)22-41-35(30)31(38)20-28)42-32(24-7-3-1-4-8-24)15-18-46-16-5-2-6-17-46/h1,3-4,7-12,19-20,22-23,29,32,43-45H,2,5-6,13-18H2,(H,41,42)/t32-,36+/m1/s1. The number of nitriles is 1. The maximum absolute atomic E-state index is 14.0. The number of likely N-dealkylation sites (tertiary alicyclic amines) is 1. The third-order valence-electron chi connectivity index (χ3n) is 9.34. The summed E-state index contributed by atoms with van der Waals surface area (Å²) in [6.07, 6.45) is 10.3. The van der Waals surface area contributed by atoms with E-state index in [0.717, 1.165) is 44.5 Å². The van der Waals surface area contributed by atoms with Crippen LogP contribution >= 0.6 is 11.6 Å². The first-order chi connectivity index (χ1) is 22.9.